The molecule has 1 heterocycles. The quantitative estimate of drug-likeness (QED) is 0.193. The number of aliphatic carboxylic acids is 1. The van der Waals surface area contributed by atoms with Gasteiger partial charge in [0.1, 0.15) is 18.6 Å². The molecule has 3 atom stereocenters. The third-order valence-electron chi connectivity index (χ3n) is 5.20. The summed E-state index contributed by atoms with van der Waals surface area (Å²) in [7, 11) is 0. The minimum absolute atomic E-state index is 0.167. The van der Waals surface area contributed by atoms with E-state index in [1.807, 2.05) is 24.3 Å². The standard InChI is InChI=1S/C22H32N6O5/c1-13(20(31)26-12-19(29)30)27-22(33)18(28-21(32)16(24)7-4-5-9-23)10-14-11-25-17-8-3-2-6-15(14)17/h2-3,6,8,11,13,16,18,25H,4-5,7,9-10,12,23-24H2,1H3,(H,26,31)(H,27,33)(H,28,32)(H,29,30). The number of amides is 3. The van der Waals surface area contributed by atoms with E-state index in [9.17, 15) is 19.2 Å². The van der Waals surface area contributed by atoms with Crippen LogP contribution in [0.15, 0.2) is 30.5 Å². The van der Waals surface area contributed by atoms with Gasteiger partial charge in [-0.05, 0) is 37.9 Å². The van der Waals surface area contributed by atoms with E-state index in [-0.39, 0.29) is 6.42 Å². The van der Waals surface area contributed by atoms with E-state index in [1.165, 1.54) is 6.92 Å². The van der Waals surface area contributed by atoms with Gasteiger partial charge in [0.2, 0.25) is 17.7 Å². The Kier molecular flexibility index (Phi) is 9.83. The van der Waals surface area contributed by atoms with Crippen molar-refractivity contribution in [2.45, 2.75) is 50.7 Å². The number of carboxylic acid groups (broad SMARTS) is 1. The molecule has 11 nitrogen and oxygen atoms in total. The molecule has 0 bridgehead atoms. The Hall–Kier alpha value is -3.44. The van der Waals surface area contributed by atoms with Gasteiger partial charge in [0.05, 0.1) is 6.04 Å². The molecule has 33 heavy (non-hydrogen) atoms. The third kappa shape index (κ3) is 7.88. The molecular weight excluding hydrogens is 428 g/mol. The monoisotopic (exact) mass is 460 g/mol. The number of fused-ring (bicyclic) bond motifs is 1. The molecular formula is C22H32N6O5. The lowest BCUT2D eigenvalue weighted by atomic mass is 10.0. The van der Waals surface area contributed by atoms with Gasteiger partial charge in [-0.2, -0.15) is 0 Å². The second kappa shape index (κ2) is 12.6. The first kappa shape index (κ1) is 25.8. The second-order valence-electron chi connectivity index (χ2n) is 7.86. The van der Waals surface area contributed by atoms with Crippen LogP contribution in [0.1, 0.15) is 31.7 Å². The summed E-state index contributed by atoms with van der Waals surface area (Å²) < 4.78 is 0. The van der Waals surface area contributed by atoms with Crippen LogP contribution in [0, 0.1) is 0 Å². The van der Waals surface area contributed by atoms with Gasteiger partial charge in [0.15, 0.2) is 0 Å². The molecule has 0 saturated carbocycles. The Morgan fingerprint density at radius 2 is 1.79 bits per heavy atom. The van der Waals surface area contributed by atoms with Crippen LogP contribution in [-0.4, -0.2) is 65.0 Å². The highest BCUT2D eigenvalue weighted by molar-refractivity contribution is 5.94. The maximum Gasteiger partial charge on any atom is 0.322 e. The molecule has 3 amide bonds. The van der Waals surface area contributed by atoms with E-state index >= 15 is 0 Å². The summed E-state index contributed by atoms with van der Waals surface area (Å²) in [6.07, 6.45) is 3.79. The number of nitrogens with two attached hydrogens (primary N) is 2. The Morgan fingerprint density at radius 1 is 1.06 bits per heavy atom. The van der Waals surface area contributed by atoms with Crippen LogP contribution in [-0.2, 0) is 25.6 Å². The van der Waals surface area contributed by atoms with Crippen LogP contribution >= 0.6 is 0 Å². The topological polar surface area (TPSA) is 192 Å². The number of H-pyrrole nitrogens is 1. The maximum atomic E-state index is 13.0. The molecule has 2 rings (SSSR count). The summed E-state index contributed by atoms with van der Waals surface area (Å²) in [5.41, 5.74) is 13.2. The highest BCUT2D eigenvalue weighted by Crippen LogP contribution is 2.19. The van der Waals surface area contributed by atoms with Crippen LogP contribution in [0.5, 0.6) is 0 Å². The highest BCUT2D eigenvalue weighted by atomic mass is 16.4. The van der Waals surface area contributed by atoms with Gasteiger partial charge in [0, 0.05) is 23.5 Å². The summed E-state index contributed by atoms with van der Waals surface area (Å²) in [4.78, 5) is 51.5. The zero-order chi connectivity index (χ0) is 24.4. The second-order valence-corrected chi connectivity index (χ2v) is 7.86. The van der Waals surface area contributed by atoms with Gasteiger partial charge in [-0.25, -0.2) is 0 Å². The molecule has 0 radical (unpaired) electrons. The minimum Gasteiger partial charge on any atom is -0.480 e. The SMILES string of the molecule is CC(NC(=O)C(Cc1c[nH]c2ccccc12)NC(=O)C(N)CCCCN)C(=O)NCC(=O)O. The number of rotatable bonds is 13. The molecule has 0 saturated heterocycles. The fourth-order valence-corrected chi connectivity index (χ4v) is 3.34. The smallest absolute Gasteiger partial charge is 0.322 e. The average Bonchev–Trinajstić information content (AvgIpc) is 3.19. The largest absolute Gasteiger partial charge is 0.480 e. The third-order valence-corrected chi connectivity index (χ3v) is 5.20. The van der Waals surface area contributed by atoms with Crippen LogP contribution < -0.4 is 27.4 Å². The number of carboxylic acids is 1. The average molecular weight is 461 g/mol. The van der Waals surface area contributed by atoms with Crippen molar-refractivity contribution >= 4 is 34.6 Å². The fourth-order valence-electron chi connectivity index (χ4n) is 3.34. The highest BCUT2D eigenvalue weighted by Gasteiger charge is 2.27. The molecule has 0 spiro atoms. The van der Waals surface area contributed by atoms with Crippen molar-refractivity contribution in [1.29, 1.82) is 0 Å². The first-order valence-corrected chi connectivity index (χ1v) is 10.8. The Labute approximate surface area is 191 Å². The van der Waals surface area contributed by atoms with Crippen molar-refractivity contribution in [2.24, 2.45) is 11.5 Å². The Bertz CT molecular complexity index is 975. The molecule has 2 aromatic rings. The van der Waals surface area contributed by atoms with Crippen LogP contribution in [0.2, 0.25) is 0 Å². The van der Waals surface area contributed by atoms with Gasteiger partial charge < -0.3 is 37.5 Å². The normalized spacial score (nSPS) is 13.7. The summed E-state index contributed by atoms with van der Waals surface area (Å²) in [5, 5.41) is 17.0. The maximum absolute atomic E-state index is 13.0. The minimum atomic E-state index is -1.20. The van der Waals surface area contributed by atoms with Crippen LogP contribution in [0.3, 0.4) is 0 Å². The molecule has 180 valence electrons. The molecule has 1 aromatic carbocycles. The number of nitrogens with one attached hydrogen (secondary N) is 4. The van der Waals surface area contributed by atoms with Crippen molar-refractivity contribution in [3.8, 4) is 0 Å². The first-order valence-electron chi connectivity index (χ1n) is 10.8. The molecule has 3 unspecified atom stereocenters. The number of hydrogen-bond donors (Lipinski definition) is 7. The number of benzene rings is 1. The van der Waals surface area contributed by atoms with Gasteiger partial charge >= 0.3 is 5.97 Å². The predicted octanol–water partition coefficient (Wildman–Crippen LogP) is -0.643. The van der Waals surface area contributed by atoms with Gasteiger partial charge in [0.25, 0.3) is 0 Å². The first-order chi connectivity index (χ1) is 15.7. The fraction of sp³-hybridized carbons (Fsp3) is 0.455. The van der Waals surface area contributed by atoms with Crippen LogP contribution in [0.25, 0.3) is 10.9 Å². The summed E-state index contributed by atoms with van der Waals surface area (Å²) in [5.74, 6) is -2.91. The molecule has 11 heteroatoms. The van der Waals surface area contributed by atoms with E-state index in [0.717, 1.165) is 22.9 Å². The van der Waals surface area contributed by atoms with Crippen molar-refractivity contribution in [3.05, 3.63) is 36.0 Å². The van der Waals surface area contributed by atoms with Crippen molar-refractivity contribution in [3.63, 3.8) is 0 Å². The van der Waals surface area contributed by atoms with E-state index in [1.54, 1.807) is 6.20 Å². The zero-order valence-electron chi connectivity index (χ0n) is 18.6. The lowest BCUT2D eigenvalue weighted by Gasteiger charge is -2.22. The Balaban J connectivity index is 2.13. The molecule has 0 aliphatic carbocycles. The lowest BCUT2D eigenvalue weighted by Crippen LogP contribution is -2.56. The Morgan fingerprint density at radius 3 is 2.48 bits per heavy atom. The molecule has 0 aliphatic rings. The van der Waals surface area contributed by atoms with Gasteiger partial charge in [-0.1, -0.05) is 24.6 Å². The number of carbonyl (C=O) groups is 4. The van der Waals surface area contributed by atoms with Crippen molar-refractivity contribution < 1.29 is 24.3 Å². The molecule has 9 N–H and O–H groups in total. The van der Waals surface area contributed by atoms with Crippen molar-refractivity contribution in [2.75, 3.05) is 13.1 Å². The number of hydrogen-bond acceptors (Lipinski definition) is 6. The van der Waals surface area contributed by atoms with Gasteiger partial charge in [-0.15, -0.1) is 0 Å². The van der Waals surface area contributed by atoms with E-state index in [2.05, 4.69) is 20.9 Å². The predicted molar refractivity (Wildman–Crippen MR) is 123 cm³/mol. The summed E-state index contributed by atoms with van der Waals surface area (Å²) in [6.45, 7) is 1.37. The molecule has 0 fully saturated rings. The van der Waals surface area contributed by atoms with E-state index < -0.39 is 48.4 Å². The summed E-state index contributed by atoms with van der Waals surface area (Å²) >= 11 is 0. The number of carbonyl (C=O) groups excluding carboxylic acids is 3. The summed E-state index contributed by atoms with van der Waals surface area (Å²) in [6, 6.07) is 4.75. The molecule has 1 aromatic heterocycles. The van der Waals surface area contributed by atoms with E-state index in [4.69, 9.17) is 16.6 Å². The number of aromatic nitrogens is 1. The molecule has 0 aliphatic heterocycles. The number of unbranched alkanes of at least 4 members (excludes halogenated alkanes) is 1. The number of aromatic amines is 1. The van der Waals surface area contributed by atoms with Gasteiger partial charge in [-0.3, -0.25) is 19.2 Å². The lowest BCUT2D eigenvalue weighted by molar-refractivity contribution is -0.138. The van der Waals surface area contributed by atoms with Crippen molar-refractivity contribution in [1.82, 2.24) is 20.9 Å². The van der Waals surface area contributed by atoms with E-state index in [0.29, 0.717) is 19.4 Å². The van der Waals surface area contributed by atoms with Crippen LogP contribution in [0.4, 0.5) is 0 Å². The zero-order valence-corrected chi connectivity index (χ0v) is 18.6. The number of para-hydroxylation sites is 1.